The van der Waals surface area contributed by atoms with Crippen LogP contribution in [-0.4, -0.2) is 40.1 Å². The normalized spacial score (nSPS) is 21.7. The van der Waals surface area contributed by atoms with Gasteiger partial charge in [-0.3, -0.25) is 4.57 Å². The Bertz CT molecular complexity index is 1060. The number of benzene rings is 1. The number of nitrogens with one attached hydrogen (secondary N) is 1. The first-order chi connectivity index (χ1) is 14.8. The van der Waals surface area contributed by atoms with Crippen LogP contribution in [0.1, 0.15) is 24.8 Å². The number of aromatic nitrogens is 3. The highest BCUT2D eigenvalue weighted by molar-refractivity contribution is 7.71. The second-order valence-electron chi connectivity index (χ2n) is 8.04. The smallest absolute Gasteiger partial charge is 0.203 e. The third-order valence-electron chi connectivity index (χ3n) is 5.98. The van der Waals surface area contributed by atoms with E-state index in [-0.39, 0.29) is 6.10 Å². The molecule has 1 N–H and O–H groups in total. The maximum Gasteiger partial charge on any atom is 0.203 e. The minimum absolute atomic E-state index is 0.242. The third-order valence-corrected chi connectivity index (χ3v) is 7.27. The molecule has 30 heavy (non-hydrogen) atoms. The lowest BCUT2D eigenvalue weighted by Gasteiger charge is -2.23. The lowest BCUT2D eigenvalue weighted by molar-refractivity contribution is -0.918. The average molecular weight is 440 g/mol. The van der Waals surface area contributed by atoms with E-state index in [4.69, 9.17) is 22.1 Å². The highest BCUT2D eigenvalue weighted by Gasteiger charge is 2.23. The first-order valence-electron chi connectivity index (χ1n) is 10.7. The van der Waals surface area contributed by atoms with Crippen LogP contribution >= 0.6 is 23.6 Å². The lowest BCUT2D eigenvalue weighted by Crippen LogP contribution is -3.11. The van der Waals surface area contributed by atoms with Gasteiger partial charge in [0.05, 0.1) is 30.6 Å². The molecule has 1 unspecified atom stereocenters. The van der Waals surface area contributed by atoms with Crippen molar-refractivity contribution in [3.8, 4) is 10.7 Å². The minimum atomic E-state index is 0.242. The number of thiophene rings is 1. The summed E-state index contributed by atoms with van der Waals surface area (Å²) in [4.78, 5) is 2.66. The molecule has 1 saturated heterocycles. The van der Waals surface area contributed by atoms with Crippen LogP contribution in [0, 0.1) is 4.77 Å². The Morgan fingerprint density at radius 2 is 2.10 bits per heavy atom. The van der Waals surface area contributed by atoms with E-state index in [0.717, 1.165) is 67.6 Å². The van der Waals surface area contributed by atoms with Crippen molar-refractivity contribution < 1.29 is 9.64 Å². The lowest BCUT2D eigenvalue weighted by atomic mass is 10.00. The fourth-order valence-corrected chi connectivity index (χ4v) is 5.33. The molecule has 2 aliphatic rings. The van der Waals surface area contributed by atoms with E-state index < -0.39 is 0 Å². The number of quaternary nitrogens is 1. The van der Waals surface area contributed by atoms with Gasteiger partial charge in [-0.25, -0.2) is 0 Å². The number of rotatable bonds is 6. The summed E-state index contributed by atoms with van der Waals surface area (Å²) in [6, 6.07) is 14.9. The summed E-state index contributed by atoms with van der Waals surface area (Å²) in [7, 11) is 0. The van der Waals surface area contributed by atoms with Crippen LogP contribution in [0.5, 0.6) is 0 Å². The van der Waals surface area contributed by atoms with Crippen molar-refractivity contribution in [3.05, 3.63) is 64.3 Å². The van der Waals surface area contributed by atoms with E-state index in [1.54, 1.807) is 11.3 Å². The van der Waals surface area contributed by atoms with Gasteiger partial charge in [-0.05, 0) is 53.7 Å². The first-order valence-corrected chi connectivity index (χ1v) is 12.0. The second kappa shape index (κ2) is 8.98. The van der Waals surface area contributed by atoms with E-state index in [1.807, 2.05) is 4.68 Å². The van der Waals surface area contributed by atoms with Crippen molar-refractivity contribution in [2.24, 2.45) is 0 Å². The zero-order valence-corrected chi connectivity index (χ0v) is 18.6. The van der Waals surface area contributed by atoms with E-state index in [0.29, 0.717) is 0 Å². The predicted molar refractivity (Wildman–Crippen MR) is 123 cm³/mol. The average Bonchev–Trinajstić information content (AvgIpc) is 3.54. The summed E-state index contributed by atoms with van der Waals surface area (Å²) < 4.78 is 10.9. The summed E-state index contributed by atoms with van der Waals surface area (Å²) in [5.74, 6) is 0.974. The van der Waals surface area contributed by atoms with Crippen LogP contribution in [0.3, 0.4) is 0 Å². The van der Waals surface area contributed by atoms with Gasteiger partial charge in [0.25, 0.3) is 0 Å². The van der Waals surface area contributed by atoms with E-state index in [2.05, 4.69) is 58.5 Å². The van der Waals surface area contributed by atoms with Gasteiger partial charge in [-0.15, -0.1) is 16.4 Å². The SMILES string of the molecule is S=c1n(C[NH+]2CC=C(c3ccccc3)CC2)nc(-c2cccs2)n1C[C@H]1CCCO1. The molecule has 2 atom stereocenters. The fourth-order valence-electron chi connectivity index (χ4n) is 4.34. The van der Waals surface area contributed by atoms with Gasteiger partial charge in [-0.2, -0.15) is 4.68 Å². The highest BCUT2D eigenvalue weighted by Crippen LogP contribution is 2.25. The van der Waals surface area contributed by atoms with Crippen LogP contribution in [0.25, 0.3) is 16.3 Å². The third kappa shape index (κ3) is 4.21. The molecule has 5 rings (SSSR count). The molecule has 2 aromatic heterocycles. The summed E-state index contributed by atoms with van der Waals surface area (Å²) >= 11 is 7.59. The van der Waals surface area contributed by atoms with Crippen LogP contribution in [0.4, 0.5) is 0 Å². The minimum Gasteiger partial charge on any atom is -0.376 e. The van der Waals surface area contributed by atoms with Gasteiger partial charge in [0.1, 0.15) is 0 Å². The molecule has 2 aliphatic heterocycles. The Kier molecular flexibility index (Phi) is 5.95. The van der Waals surface area contributed by atoms with Gasteiger partial charge in [0.15, 0.2) is 12.5 Å². The number of hydrogen-bond acceptors (Lipinski definition) is 4. The topological polar surface area (TPSA) is 36.4 Å². The molecule has 3 aromatic rings. The molecule has 7 heteroatoms. The van der Waals surface area contributed by atoms with E-state index >= 15 is 0 Å². The number of hydrogen-bond donors (Lipinski definition) is 1. The number of nitrogens with zero attached hydrogens (tertiary/aromatic N) is 3. The summed E-state index contributed by atoms with van der Waals surface area (Å²) in [5.41, 5.74) is 2.79. The van der Waals surface area contributed by atoms with Gasteiger partial charge in [-0.1, -0.05) is 36.4 Å². The van der Waals surface area contributed by atoms with Crippen molar-refractivity contribution in [2.45, 2.75) is 38.6 Å². The Labute approximate surface area is 186 Å². The van der Waals surface area contributed by atoms with Gasteiger partial charge in [0, 0.05) is 13.0 Å². The molecule has 1 fully saturated rings. The van der Waals surface area contributed by atoms with Crippen LogP contribution in [0.2, 0.25) is 0 Å². The summed E-state index contributed by atoms with van der Waals surface area (Å²) in [6.07, 6.45) is 5.93. The van der Waals surface area contributed by atoms with Gasteiger partial charge < -0.3 is 9.64 Å². The molecule has 0 saturated carbocycles. The van der Waals surface area contributed by atoms with Gasteiger partial charge in [0.2, 0.25) is 4.77 Å². The molecule has 0 amide bonds. The molecule has 0 aliphatic carbocycles. The van der Waals surface area contributed by atoms with Crippen LogP contribution < -0.4 is 4.90 Å². The Balaban J connectivity index is 1.36. The van der Waals surface area contributed by atoms with Crippen molar-refractivity contribution in [1.29, 1.82) is 0 Å². The molecule has 156 valence electrons. The Morgan fingerprint density at radius 3 is 2.80 bits per heavy atom. The molecule has 5 nitrogen and oxygen atoms in total. The van der Waals surface area contributed by atoms with Crippen molar-refractivity contribution >= 4 is 29.1 Å². The molecular formula is C23H27N4OS2+. The summed E-state index contributed by atoms with van der Waals surface area (Å²) in [6.45, 7) is 4.54. The molecule has 0 bridgehead atoms. The Hall–Kier alpha value is -2.06. The van der Waals surface area contributed by atoms with Gasteiger partial charge >= 0.3 is 0 Å². The molecule has 0 radical (unpaired) electrons. The summed E-state index contributed by atoms with van der Waals surface area (Å²) in [5, 5.41) is 7.05. The second-order valence-corrected chi connectivity index (χ2v) is 9.35. The van der Waals surface area contributed by atoms with E-state index in [1.165, 1.54) is 16.0 Å². The van der Waals surface area contributed by atoms with Crippen molar-refractivity contribution in [2.75, 3.05) is 19.7 Å². The molecular weight excluding hydrogens is 412 g/mol. The maximum atomic E-state index is 5.88. The monoisotopic (exact) mass is 439 g/mol. The van der Waals surface area contributed by atoms with Crippen LogP contribution in [0.15, 0.2) is 53.9 Å². The number of ether oxygens (including phenoxy) is 1. The molecule has 4 heterocycles. The molecule has 0 spiro atoms. The fraction of sp³-hybridized carbons (Fsp3) is 0.391. The standard InChI is InChI=1S/C23H26N4OS2/c29-23-26(16-20-8-4-14-28-20)22(21-9-5-15-30-21)24-27(23)17-25-12-10-19(11-13-25)18-6-2-1-3-7-18/h1-3,5-7,9-10,15,20H,4,8,11-14,16-17H2/p+1/t20-/m1/s1. The Morgan fingerprint density at radius 1 is 1.20 bits per heavy atom. The van der Waals surface area contributed by atoms with Crippen molar-refractivity contribution in [1.82, 2.24) is 14.3 Å². The maximum absolute atomic E-state index is 5.88. The zero-order chi connectivity index (χ0) is 20.3. The van der Waals surface area contributed by atoms with E-state index in [9.17, 15) is 0 Å². The predicted octanol–water partition coefficient (Wildman–Crippen LogP) is 3.65. The molecule has 1 aromatic carbocycles. The first kappa shape index (κ1) is 19.9. The zero-order valence-electron chi connectivity index (χ0n) is 17.0. The largest absolute Gasteiger partial charge is 0.376 e. The quantitative estimate of drug-likeness (QED) is 0.596. The van der Waals surface area contributed by atoms with Crippen molar-refractivity contribution in [3.63, 3.8) is 0 Å². The highest BCUT2D eigenvalue weighted by atomic mass is 32.1. The van der Waals surface area contributed by atoms with Crippen LogP contribution in [-0.2, 0) is 18.0 Å².